The lowest BCUT2D eigenvalue weighted by Gasteiger charge is -2.44. The molecule has 24 nitrogen and oxygen atoms in total. The van der Waals surface area contributed by atoms with Crippen LogP contribution in [0.25, 0.3) is 10.4 Å². The molecule has 7 heterocycles. The summed E-state index contributed by atoms with van der Waals surface area (Å²) in [6.45, 7) is 23.2. The number of aryl methyl sites for hydroxylation is 1. The van der Waals surface area contributed by atoms with Crippen molar-refractivity contribution in [3.05, 3.63) is 166 Å². The number of alkyl halides is 3. The number of likely N-dealkylation sites (tertiary alicyclic amines) is 2. The second-order valence-corrected chi connectivity index (χ2v) is 39.0. The van der Waals surface area contributed by atoms with E-state index in [1.54, 1.807) is 23.5 Å². The zero-order valence-corrected chi connectivity index (χ0v) is 69.9. The predicted molar refractivity (Wildman–Crippen MR) is 440 cm³/mol. The Bertz CT molecular complexity index is 4700. The van der Waals surface area contributed by atoms with E-state index in [1.165, 1.54) is 39.9 Å². The first-order chi connectivity index (χ1) is 54.7. The highest BCUT2D eigenvalue weighted by molar-refractivity contribution is 7.99. The first kappa shape index (κ1) is 85.4. The van der Waals surface area contributed by atoms with Gasteiger partial charge in [-0.3, -0.25) is 48.5 Å². The van der Waals surface area contributed by atoms with Gasteiger partial charge in [0.1, 0.15) is 17.0 Å². The highest BCUT2D eigenvalue weighted by atomic mass is 35.5. The van der Waals surface area contributed by atoms with Gasteiger partial charge in [-0.1, -0.05) is 106 Å². The number of rotatable bonds is 28. The van der Waals surface area contributed by atoms with Gasteiger partial charge >= 0.3 is 5.51 Å². The average molecular weight is 1680 g/mol. The van der Waals surface area contributed by atoms with Crippen LogP contribution in [0.15, 0.2) is 153 Å². The molecule has 7 aliphatic rings. The molecule has 115 heavy (non-hydrogen) atoms. The number of hydrogen-bond donors (Lipinski definition) is 5. The number of benzene rings is 5. The second kappa shape index (κ2) is 36.4. The molecule has 620 valence electrons. The summed E-state index contributed by atoms with van der Waals surface area (Å²) in [5.74, 6) is -1.59. The third kappa shape index (κ3) is 21.1. The Labute approximate surface area is 685 Å². The first-order valence-corrected chi connectivity index (χ1v) is 44.8. The van der Waals surface area contributed by atoms with Gasteiger partial charge in [0.15, 0.2) is 0 Å². The van der Waals surface area contributed by atoms with Crippen molar-refractivity contribution >= 4 is 95.5 Å². The molecule has 1 aliphatic carbocycles. The Morgan fingerprint density at radius 1 is 0.783 bits per heavy atom. The molecule has 5 aromatic carbocycles. The summed E-state index contributed by atoms with van der Waals surface area (Å²) in [4.78, 5) is 90.9. The number of halogens is 4. The third-order valence-corrected chi connectivity index (χ3v) is 28.8. The normalized spacial score (nSPS) is 23.2. The SMILES string of the molecule is Cc1ncsc1-c1ccc([C@H](C)NC(=O)[C@@H]2C[C@H](O)CN2C(=O)[C@@H](NC(=O)CN2CCN(CC(=O)N3CCN(C[C@@]4(C)C=C(CN5CCN(c6ccc(C(=O)NS(=O)(=O)c7ccc(N[C@H](CCN8C[C@H]9C[C@@H]8CO9)CSc8ccccc8)c(S(=O)(=O)C(F)(F)F)c7)cc6)CC5)C(c5ccc(Cl)cc5)CC4)CC3)CC2)C(C)(C)C)cc1. The summed E-state index contributed by atoms with van der Waals surface area (Å²) in [6, 6.07) is 31.6. The lowest BCUT2D eigenvalue weighted by atomic mass is 9.71. The maximum absolute atomic E-state index is 14.5. The van der Waals surface area contributed by atoms with Gasteiger partial charge in [-0.15, -0.1) is 23.1 Å². The molecule has 6 saturated heterocycles. The van der Waals surface area contributed by atoms with Crippen molar-refractivity contribution in [2.45, 2.75) is 142 Å². The number of thiazole rings is 1. The number of β-amino-alcohol motifs (C(OH)–C–C–N with tert-alkyl or cyclic N) is 1. The van der Waals surface area contributed by atoms with Crippen molar-refractivity contribution in [1.82, 2.24) is 54.6 Å². The number of ether oxygens (including phenoxy) is 1. The summed E-state index contributed by atoms with van der Waals surface area (Å²) in [5.41, 5.74) is 0.897. The number of sulfone groups is 1. The first-order valence-electron chi connectivity index (χ1n) is 39.6. The van der Waals surface area contributed by atoms with Crippen LogP contribution < -0.4 is 25.6 Å². The van der Waals surface area contributed by atoms with Crippen LogP contribution in [0.4, 0.5) is 24.5 Å². The number of anilines is 2. The Kier molecular flexibility index (Phi) is 27.0. The number of nitrogens with one attached hydrogen (secondary N) is 4. The van der Waals surface area contributed by atoms with Crippen molar-refractivity contribution in [2.75, 3.05) is 147 Å². The number of nitrogens with zero attached hydrogens (tertiary/aromatic N) is 9. The molecule has 5 N–H and O–H groups in total. The van der Waals surface area contributed by atoms with Gasteiger partial charge in [0.25, 0.3) is 25.8 Å². The maximum atomic E-state index is 14.5. The van der Waals surface area contributed by atoms with Crippen molar-refractivity contribution in [2.24, 2.45) is 10.8 Å². The molecule has 0 saturated carbocycles. The fourth-order valence-corrected chi connectivity index (χ4v) is 20.9. The monoisotopic (exact) mass is 1680 g/mol. The molecule has 1 aromatic heterocycles. The topological polar surface area (TPSA) is 270 Å². The molecule has 0 radical (unpaired) electrons. The van der Waals surface area contributed by atoms with Gasteiger partial charge in [0.05, 0.1) is 64.6 Å². The van der Waals surface area contributed by atoms with Crippen molar-refractivity contribution in [1.29, 1.82) is 0 Å². The number of hydrogen-bond acceptors (Lipinski definition) is 21. The lowest BCUT2D eigenvalue weighted by Crippen LogP contribution is -2.59. The van der Waals surface area contributed by atoms with Crippen molar-refractivity contribution < 1.29 is 63.8 Å². The highest BCUT2D eigenvalue weighted by Crippen LogP contribution is 2.44. The van der Waals surface area contributed by atoms with Crippen LogP contribution in [-0.2, 0) is 43.8 Å². The number of amides is 5. The predicted octanol–water partition coefficient (Wildman–Crippen LogP) is 9.38. The van der Waals surface area contributed by atoms with E-state index < -0.39 is 82.3 Å². The summed E-state index contributed by atoms with van der Waals surface area (Å²) < 4.78 is 106. The molecule has 0 spiro atoms. The summed E-state index contributed by atoms with van der Waals surface area (Å²) in [6.07, 6.45) is 4.99. The lowest BCUT2D eigenvalue weighted by molar-refractivity contribution is -0.144. The number of carbonyl (C=O) groups excluding carboxylic acids is 5. The number of morpholine rings is 1. The van der Waals surface area contributed by atoms with Crippen molar-refractivity contribution in [3.63, 3.8) is 0 Å². The fraction of sp³-hybridized carbons (Fsp3) is 0.518. The molecule has 6 fully saturated rings. The van der Waals surface area contributed by atoms with Crippen molar-refractivity contribution in [3.8, 4) is 10.4 Å². The minimum Gasteiger partial charge on any atom is -0.391 e. The second-order valence-electron chi connectivity index (χ2n) is 33.1. The van der Waals surface area contributed by atoms with Gasteiger partial charge in [0, 0.05) is 163 Å². The number of aliphatic hydroxyl groups excluding tert-OH is 1. The Balaban J connectivity index is 0.565. The number of aliphatic hydroxyl groups is 1. The van der Waals surface area contributed by atoms with Gasteiger partial charge in [-0.05, 0) is 134 Å². The van der Waals surface area contributed by atoms with Gasteiger partial charge < -0.3 is 40.5 Å². The van der Waals surface area contributed by atoms with E-state index >= 15 is 0 Å². The average Bonchev–Trinajstić information content (AvgIpc) is 1.51. The number of piperazine rings is 3. The molecule has 6 aliphatic heterocycles. The zero-order chi connectivity index (χ0) is 81.7. The molecule has 1 unspecified atom stereocenters. The molecule has 9 atom stereocenters. The summed E-state index contributed by atoms with van der Waals surface area (Å²) in [7, 11) is -11.0. The minimum absolute atomic E-state index is 0.0332. The van der Waals surface area contributed by atoms with E-state index in [4.69, 9.17) is 16.3 Å². The summed E-state index contributed by atoms with van der Waals surface area (Å²) in [5, 5.41) is 20.6. The Morgan fingerprint density at radius 3 is 2.09 bits per heavy atom. The Hall–Kier alpha value is -7.53. The number of thioether (sulfide) groups is 1. The van der Waals surface area contributed by atoms with Crippen LogP contribution in [0.5, 0.6) is 0 Å². The van der Waals surface area contributed by atoms with Crippen LogP contribution in [0.1, 0.15) is 106 Å². The van der Waals surface area contributed by atoms with Crippen LogP contribution in [0.2, 0.25) is 5.02 Å². The Morgan fingerprint density at radius 2 is 1.45 bits per heavy atom. The van der Waals surface area contributed by atoms with Gasteiger partial charge in [-0.25, -0.2) is 26.5 Å². The molecule has 2 bridgehead atoms. The molecular weight excluding hydrogens is 1580 g/mol. The number of carbonyl (C=O) groups is 5. The van der Waals surface area contributed by atoms with E-state index in [-0.39, 0.29) is 78.9 Å². The molecular formula is C83H105ClF3N13O11S4. The largest absolute Gasteiger partial charge is 0.501 e. The minimum atomic E-state index is -6.12. The van der Waals surface area contributed by atoms with E-state index in [0.29, 0.717) is 95.3 Å². The van der Waals surface area contributed by atoms with E-state index in [0.717, 1.165) is 103 Å². The van der Waals surface area contributed by atoms with Crippen LogP contribution in [-0.4, -0.2) is 269 Å². The third-order valence-electron chi connectivity index (χ3n) is 23.5. The van der Waals surface area contributed by atoms with Gasteiger partial charge in [-0.2, -0.15) is 13.2 Å². The van der Waals surface area contributed by atoms with Crippen LogP contribution >= 0.6 is 34.7 Å². The maximum Gasteiger partial charge on any atom is 0.501 e. The zero-order valence-electron chi connectivity index (χ0n) is 65.9. The summed E-state index contributed by atoms with van der Waals surface area (Å²) >= 11 is 9.43. The highest BCUT2D eigenvalue weighted by Gasteiger charge is 2.50. The molecule has 5 amide bonds. The molecule has 13 rings (SSSR count). The van der Waals surface area contributed by atoms with E-state index in [2.05, 4.69) is 70.6 Å². The molecule has 6 aromatic rings. The number of sulfonamides is 1. The number of fused-ring (bicyclic) bond motifs is 2. The van der Waals surface area contributed by atoms with Gasteiger partial charge in [0.2, 0.25) is 23.6 Å². The van der Waals surface area contributed by atoms with Crippen LogP contribution in [0.3, 0.4) is 0 Å². The molecule has 32 heteroatoms. The standard InChI is InChI=1S/C83H105ClF3N13O11S4/c1-55(57-12-14-59(15-13-57)76-56(2)88-54-113-76)89-79(105)72-43-66(101)47-100(72)80(106)77(81(3,4)5)91-74(102)49-94-30-32-95(33-31-94)50-75(103)98-40-36-96(37-41-98)53-82(6)28-26-70(58-16-20-62(84)21-17-58)61(45-82)46-93-34-38-97(39-35-93)64-22-18-60(19-23-64)78(104)92-115(109,110)69-24-25-71(73(44-69)114(107,108)83(85,86)87)90-63(52-112-68-10-8-7-9-11-68)27-29-99-48-67-42-65(99)51-111-67/h7-25,44-45,54-55,63,65-67,70,72,77,90,101H,26-43,46-53H2,1-6H3,(H,89,105)(H,91,102)(H,92,104)/t55-,63+,65+,66-,67+,70?,72-,77+,82+/m0/s1. The fourth-order valence-electron chi connectivity index (χ4n) is 17.0. The smallest absolute Gasteiger partial charge is 0.391 e. The quantitative estimate of drug-likeness (QED) is 0.0226. The number of aromatic nitrogens is 1. The van der Waals surface area contributed by atoms with E-state index in [9.17, 15) is 59.1 Å². The van der Waals surface area contributed by atoms with Crippen LogP contribution in [0, 0.1) is 17.8 Å². The van der Waals surface area contributed by atoms with E-state index in [1.807, 2.05) is 121 Å².